The van der Waals surface area contributed by atoms with Gasteiger partial charge in [-0.05, 0) is 44.0 Å². The van der Waals surface area contributed by atoms with Gasteiger partial charge in [0.05, 0.1) is 12.8 Å². The van der Waals surface area contributed by atoms with Crippen LogP contribution in [0, 0.1) is 11.7 Å². The molecule has 5 nitrogen and oxygen atoms in total. The van der Waals surface area contributed by atoms with Crippen LogP contribution in [-0.2, 0) is 6.54 Å². The van der Waals surface area contributed by atoms with Crippen LogP contribution in [0.2, 0.25) is 0 Å². The number of hydrogen-bond acceptors (Lipinski definition) is 4. The molecule has 1 saturated heterocycles. The number of rotatable bonds is 6. The van der Waals surface area contributed by atoms with Crippen molar-refractivity contribution in [3.8, 4) is 5.75 Å². The molecule has 0 aliphatic carbocycles. The van der Waals surface area contributed by atoms with Gasteiger partial charge < -0.3 is 14.2 Å². The topological polar surface area (TPSA) is 47.4 Å². The van der Waals surface area contributed by atoms with Crippen LogP contribution in [0.25, 0.3) is 0 Å². The molecule has 1 aliphatic heterocycles. The van der Waals surface area contributed by atoms with E-state index < -0.39 is 0 Å². The van der Waals surface area contributed by atoms with Gasteiger partial charge in [0.15, 0.2) is 0 Å². The van der Waals surface area contributed by atoms with Crippen molar-refractivity contribution in [3.05, 3.63) is 59.0 Å². The molecule has 2 heterocycles. The highest BCUT2D eigenvalue weighted by atomic mass is 19.1. The Hall–Kier alpha value is -2.21. The van der Waals surface area contributed by atoms with Gasteiger partial charge >= 0.3 is 0 Å². The van der Waals surface area contributed by atoms with Gasteiger partial charge in [-0.2, -0.15) is 0 Å². The van der Waals surface area contributed by atoms with Crippen LogP contribution in [0.3, 0.4) is 0 Å². The summed E-state index contributed by atoms with van der Waals surface area (Å²) in [4.78, 5) is 17.8. The Morgan fingerprint density at radius 3 is 2.83 bits per heavy atom. The van der Waals surface area contributed by atoms with Crippen molar-refractivity contribution in [3.63, 3.8) is 0 Å². The van der Waals surface area contributed by atoms with E-state index in [1.807, 2.05) is 0 Å². The van der Waals surface area contributed by atoms with Crippen molar-refractivity contribution in [1.82, 2.24) is 14.5 Å². The zero-order valence-electron chi connectivity index (χ0n) is 13.6. The highest BCUT2D eigenvalue weighted by molar-refractivity contribution is 5.22. The van der Waals surface area contributed by atoms with E-state index >= 15 is 0 Å². The standard InChI is InChI=1S/C18H22FN3O2/c19-16-2-1-3-17(12-16)24-14-15-4-7-21(8-5-15)10-11-22-9-6-20-13-18(22)23/h1-3,6,9,12-13,15H,4-5,7-8,10-11,14H2. The predicted molar refractivity (Wildman–Crippen MR) is 89.6 cm³/mol. The molecule has 0 amide bonds. The van der Waals surface area contributed by atoms with E-state index in [2.05, 4.69) is 9.88 Å². The van der Waals surface area contributed by atoms with E-state index in [-0.39, 0.29) is 11.4 Å². The van der Waals surface area contributed by atoms with E-state index in [4.69, 9.17) is 4.74 Å². The second kappa shape index (κ2) is 8.06. The highest BCUT2D eigenvalue weighted by Crippen LogP contribution is 2.19. The maximum absolute atomic E-state index is 13.1. The Kier molecular flexibility index (Phi) is 5.59. The number of likely N-dealkylation sites (tertiary alicyclic amines) is 1. The molecule has 2 aromatic rings. The van der Waals surface area contributed by atoms with Gasteiger partial charge in [-0.1, -0.05) is 6.07 Å². The molecular formula is C18H22FN3O2. The van der Waals surface area contributed by atoms with Crippen LogP contribution in [0.1, 0.15) is 12.8 Å². The number of halogens is 1. The predicted octanol–water partition coefficient (Wildman–Crippen LogP) is 2.17. The Morgan fingerprint density at radius 1 is 1.25 bits per heavy atom. The van der Waals surface area contributed by atoms with Gasteiger partial charge in [-0.15, -0.1) is 0 Å². The summed E-state index contributed by atoms with van der Waals surface area (Å²) in [6.07, 6.45) is 6.82. The molecule has 1 aromatic heterocycles. The molecule has 1 aliphatic rings. The summed E-state index contributed by atoms with van der Waals surface area (Å²) in [7, 11) is 0. The van der Waals surface area contributed by atoms with Crippen LogP contribution in [-0.4, -0.2) is 40.7 Å². The maximum Gasteiger partial charge on any atom is 0.269 e. The molecule has 0 radical (unpaired) electrons. The fraction of sp³-hybridized carbons (Fsp3) is 0.444. The van der Waals surface area contributed by atoms with Crippen LogP contribution < -0.4 is 10.3 Å². The van der Waals surface area contributed by atoms with Gasteiger partial charge in [0.1, 0.15) is 11.6 Å². The van der Waals surface area contributed by atoms with Gasteiger partial charge in [0, 0.05) is 31.5 Å². The van der Waals surface area contributed by atoms with Crippen LogP contribution in [0.4, 0.5) is 4.39 Å². The average molecular weight is 331 g/mol. The SMILES string of the molecule is O=c1cnccn1CCN1CCC(COc2cccc(F)c2)CC1. The quantitative estimate of drug-likeness (QED) is 0.814. The highest BCUT2D eigenvalue weighted by Gasteiger charge is 2.19. The van der Waals surface area contributed by atoms with E-state index in [9.17, 15) is 9.18 Å². The van der Waals surface area contributed by atoms with Crippen LogP contribution >= 0.6 is 0 Å². The van der Waals surface area contributed by atoms with Crippen LogP contribution in [0.5, 0.6) is 5.75 Å². The fourth-order valence-corrected chi connectivity index (χ4v) is 2.95. The molecule has 24 heavy (non-hydrogen) atoms. The molecule has 1 fully saturated rings. The third-order valence-electron chi connectivity index (χ3n) is 4.45. The molecule has 0 atom stereocenters. The summed E-state index contributed by atoms with van der Waals surface area (Å²) in [5, 5.41) is 0. The monoisotopic (exact) mass is 331 g/mol. The number of nitrogens with zero attached hydrogens (tertiary/aromatic N) is 3. The van der Waals surface area contributed by atoms with E-state index in [0.717, 1.165) is 32.5 Å². The largest absolute Gasteiger partial charge is 0.493 e. The molecule has 0 bridgehead atoms. The summed E-state index contributed by atoms with van der Waals surface area (Å²) in [5.74, 6) is 0.816. The molecule has 3 rings (SSSR count). The molecule has 6 heteroatoms. The first-order valence-electron chi connectivity index (χ1n) is 8.32. The molecular weight excluding hydrogens is 309 g/mol. The number of aromatic nitrogens is 2. The summed E-state index contributed by atoms with van der Waals surface area (Å²) in [6, 6.07) is 6.28. The molecule has 0 spiro atoms. The van der Waals surface area contributed by atoms with Gasteiger partial charge in [-0.3, -0.25) is 9.78 Å². The first-order chi connectivity index (χ1) is 11.7. The fourth-order valence-electron chi connectivity index (χ4n) is 2.95. The second-order valence-electron chi connectivity index (χ2n) is 6.16. The zero-order chi connectivity index (χ0) is 16.8. The van der Waals surface area contributed by atoms with Crippen molar-refractivity contribution in [2.24, 2.45) is 5.92 Å². The van der Waals surface area contributed by atoms with Gasteiger partial charge in [0.2, 0.25) is 0 Å². The summed E-state index contributed by atoms with van der Waals surface area (Å²) < 4.78 is 20.5. The van der Waals surface area contributed by atoms with Crippen molar-refractivity contribution in [1.29, 1.82) is 0 Å². The minimum Gasteiger partial charge on any atom is -0.493 e. The summed E-state index contributed by atoms with van der Waals surface area (Å²) >= 11 is 0. The Balaban J connectivity index is 1.39. The normalized spacial score (nSPS) is 16.2. The van der Waals surface area contributed by atoms with Crippen molar-refractivity contribution < 1.29 is 9.13 Å². The minimum absolute atomic E-state index is 0.0594. The van der Waals surface area contributed by atoms with Crippen molar-refractivity contribution >= 4 is 0 Å². The van der Waals surface area contributed by atoms with Crippen molar-refractivity contribution in [2.75, 3.05) is 26.2 Å². The average Bonchev–Trinajstić information content (AvgIpc) is 2.60. The zero-order valence-corrected chi connectivity index (χ0v) is 13.6. The molecule has 128 valence electrons. The lowest BCUT2D eigenvalue weighted by atomic mass is 9.98. The van der Waals surface area contributed by atoms with Crippen molar-refractivity contribution in [2.45, 2.75) is 19.4 Å². The third kappa shape index (κ3) is 4.64. The lowest BCUT2D eigenvalue weighted by Gasteiger charge is -2.31. The van der Waals surface area contributed by atoms with E-state index in [1.54, 1.807) is 29.1 Å². The third-order valence-corrected chi connectivity index (χ3v) is 4.45. The smallest absolute Gasteiger partial charge is 0.269 e. The molecule has 0 saturated carbocycles. The minimum atomic E-state index is -0.270. The van der Waals surface area contributed by atoms with Gasteiger partial charge in [0.25, 0.3) is 5.56 Å². The lowest BCUT2D eigenvalue weighted by molar-refractivity contribution is 0.138. The Labute approximate surface area is 140 Å². The first kappa shape index (κ1) is 16.6. The molecule has 0 unspecified atom stereocenters. The van der Waals surface area contributed by atoms with E-state index in [0.29, 0.717) is 24.8 Å². The number of hydrogen-bond donors (Lipinski definition) is 0. The first-order valence-corrected chi connectivity index (χ1v) is 8.32. The number of piperidine rings is 1. The Morgan fingerprint density at radius 2 is 2.08 bits per heavy atom. The summed E-state index contributed by atoms with van der Waals surface area (Å²) in [6.45, 7) is 4.17. The number of ether oxygens (including phenoxy) is 1. The summed E-state index contributed by atoms with van der Waals surface area (Å²) in [5.41, 5.74) is -0.0594. The van der Waals surface area contributed by atoms with Crippen LogP contribution in [0.15, 0.2) is 47.7 Å². The second-order valence-corrected chi connectivity index (χ2v) is 6.16. The maximum atomic E-state index is 13.1. The lowest BCUT2D eigenvalue weighted by Crippen LogP contribution is -2.38. The molecule has 1 aromatic carbocycles. The van der Waals surface area contributed by atoms with Gasteiger partial charge in [-0.25, -0.2) is 4.39 Å². The molecule has 0 N–H and O–H groups in total. The number of benzene rings is 1. The Bertz CT molecular complexity index is 711. The van der Waals surface area contributed by atoms with E-state index in [1.165, 1.54) is 18.3 Å².